The van der Waals surface area contributed by atoms with Gasteiger partial charge in [-0.05, 0) is 30.3 Å². The molecule has 21 heavy (non-hydrogen) atoms. The van der Waals surface area contributed by atoms with Gasteiger partial charge in [-0.2, -0.15) is 0 Å². The van der Waals surface area contributed by atoms with Crippen molar-refractivity contribution in [2.45, 2.75) is 0 Å². The Morgan fingerprint density at radius 2 is 1.90 bits per heavy atom. The zero-order chi connectivity index (χ0) is 15.1. The van der Waals surface area contributed by atoms with Gasteiger partial charge in [-0.3, -0.25) is 4.57 Å². The predicted molar refractivity (Wildman–Crippen MR) is 70.8 cm³/mol. The maximum atomic E-state index is 13.8. The second-order valence-corrected chi connectivity index (χ2v) is 4.40. The first kappa shape index (κ1) is 13.0. The van der Waals surface area contributed by atoms with Crippen LogP contribution in [0.1, 0.15) is 10.4 Å². The minimum absolute atomic E-state index is 0.00419. The highest BCUT2D eigenvalue weighted by Gasteiger charge is 2.14. The van der Waals surface area contributed by atoms with Gasteiger partial charge in [-0.15, -0.1) is 0 Å². The molecule has 0 fully saturated rings. The van der Waals surface area contributed by atoms with Gasteiger partial charge in [0.25, 0.3) is 0 Å². The molecule has 5 nitrogen and oxygen atoms in total. The summed E-state index contributed by atoms with van der Waals surface area (Å²) in [5, 5.41) is 8.91. The summed E-state index contributed by atoms with van der Waals surface area (Å²) in [5.41, 5.74) is -0.205. The zero-order valence-electron chi connectivity index (χ0n) is 10.4. The van der Waals surface area contributed by atoms with Gasteiger partial charge in [0.1, 0.15) is 11.6 Å². The molecule has 2 N–H and O–H groups in total. The van der Waals surface area contributed by atoms with Gasteiger partial charge in [0.05, 0.1) is 22.3 Å². The van der Waals surface area contributed by atoms with Gasteiger partial charge in [0, 0.05) is 6.07 Å². The number of hydrogen-bond donors (Lipinski definition) is 2. The van der Waals surface area contributed by atoms with E-state index in [0.717, 1.165) is 16.7 Å². The third-order valence-corrected chi connectivity index (χ3v) is 3.08. The van der Waals surface area contributed by atoms with Gasteiger partial charge >= 0.3 is 11.7 Å². The van der Waals surface area contributed by atoms with Crippen molar-refractivity contribution < 1.29 is 18.7 Å². The maximum Gasteiger partial charge on any atom is 0.335 e. The molecule has 2 aromatic carbocycles. The van der Waals surface area contributed by atoms with Crippen LogP contribution in [0.25, 0.3) is 16.7 Å². The number of carboxylic acids is 1. The van der Waals surface area contributed by atoms with Gasteiger partial charge < -0.3 is 10.1 Å². The number of H-pyrrole nitrogens is 1. The monoisotopic (exact) mass is 290 g/mol. The van der Waals surface area contributed by atoms with Crippen molar-refractivity contribution in [3.63, 3.8) is 0 Å². The molecule has 1 aromatic heterocycles. The highest BCUT2D eigenvalue weighted by Crippen LogP contribution is 2.20. The summed E-state index contributed by atoms with van der Waals surface area (Å²) in [4.78, 5) is 25.3. The van der Waals surface area contributed by atoms with Gasteiger partial charge in [0.2, 0.25) is 0 Å². The van der Waals surface area contributed by atoms with Crippen LogP contribution in [0.2, 0.25) is 0 Å². The number of hydrogen-bond acceptors (Lipinski definition) is 2. The van der Waals surface area contributed by atoms with E-state index in [9.17, 15) is 18.4 Å². The average molecular weight is 290 g/mol. The molecular weight excluding hydrogens is 282 g/mol. The summed E-state index contributed by atoms with van der Waals surface area (Å²) in [6.07, 6.45) is 0. The number of aromatic carboxylic acids is 1. The fraction of sp³-hybridized carbons (Fsp3) is 0. The largest absolute Gasteiger partial charge is 0.478 e. The molecule has 0 aliphatic carbocycles. The first-order chi connectivity index (χ1) is 9.97. The molecule has 3 rings (SSSR count). The molecule has 1 heterocycles. The summed E-state index contributed by atoms with van der Waals surface area (Å²) in [6.45, 7) is 0. The Balaban J connectivity index is 2.30. The molecule has 0 bridgehead atoms. The highest BCUT2D eigenvalue weighted by molar-refractivity contribution is 5.92. The third-order valence-electron chi connectivity index (χ3n) is 3.08. The quantitative estimate of drug-likeness (QED) is 0.760. The van der Waals surface area contributed by atoms with Crippen LogP contribution in [-0.4, -0.2) is 20.6 Å². The molecule has 0 saturated heterocycles. The van der Waals surface area contributed by atoms with Crippen LogP contribution in [0.4, 0.5) is 8.78 Å². The second-order valence-electron chi connectivity index (χ2n) is 4.40. The summed E-state index contributed by atoms with van der Waals surface area (Å²) in [5.74, 6) is -2.78. The molecule has 0 amide bonds. The number of aromatic amines is 1. The highest BCUT2D eigenvalue weighted by atomic mass is 19.1. The van der Waals surface area contributed by atoms with Crippen LogP contribution in [0, 0.1) is 11.6 Å². The molecule has 0 aliphatic rings. The number of benzene rings is 2. The summed E-state index contributed by atoms with van der Waals surface area (Å²) >= 11 is 0. The average Bonchev–Trinajstić information content (AvgIpc) is 2.74. The van der Waals surface area contributed by atoms with Crippen molar-refractivity contribution in [1.29, 1.82) is 0 Å². The fourth-order valence-electron chi connectivity index (χ4n) is 2.15. The Kier molecular flexibility index (Phi) is 2.83. The lowest BCUT2D eigenvalue weighted by molar-refractivity contribution is 0.0697. The Hall–Kier alpha value is -2.96. The number of halogens is 2. The Bertz CT molecular complexity index is 928. The van der Waals surface area contributed by atoms with E-state index in [1.54, 1.807) is 0 Å². The molecule has 3 aromatic rings. The number of carboxylic acid groups (broad SMARTS) is 1. The van der Waals surface area contributed by atoms with Crippen molar-refractivity contribution in [2.24, 2.45) is 0 Å². The molecular formula is C14H8F2N2O3. The lowest BCUT2D eigenvalue weighted by Gasteiger charge is -2.05. The lowest BCUT2D eigenvalue weighted by atomic mass is 10.2. The number of carbonyl (C=O) groups is 1. The van der Waals surface area contributed by atoms with E-state index in [-0.39, 0.29) is 16.8 Å². The Morgan fingerprint density at radius 3 is 2.57 bits per heavy atom. The third kappa shape index (κ3) is 2.08. The fourth-order valence-corrected chi connectivity index (χ4v) is 2.15. The minimum Gasteiger partial charge on any atom is -0.478 e. The van der Waals surface area contributed by atoms with E-state index in [1.807, 2.05) is 0 Å². The van der Waals surface area contributed by atoms with E-state index < -0.39 is 23.3 Å². The zero-order valence-corrected chi connectivity index (χ0v) is 10.4. The summed E-state index contributed by atoms with van der Waals surface area (Å²) in [6, 6.07) is 6.82. The van der Waals surface area contributed by atoms with E-state index in [0.29, 0.717) is 11.6 Å². The number of nitrogens with one attached hydrogen (secondary N) is 1. The van der Waals surface area contributed by atoms with Crippen LogP contribution in [-0.2, 0) is 0 Å². The maximum absolute atomic E-state index is 13.8. The van der Waals surface area contributed by atoms with E-state index in [1.165, 1.54) is 18.2 Å². The first-order valence-corrected chi connectivity index (χ1v) is 5.91. The smallest absolute Gasteiger partial charge is 0.335 e. The molecule has 0 atom stereocenters. The Labute approximate surface area is 116 Å². The van der Waals surface area contributed by atoms with Crippen LogP contribution in [0.15, 0.2) is 41.2 Å². The molecule has 0 aliphatic heterocycles. The molecule has 0 saturated carbocycles. The van der Waals surface area contributed by atoms with Crippen molar-refractivity contribution in [3.8, 4) is 5.69 Å². The molecule has 7 heteroatoms. The van der Waals surface area contributed by atoms with Gasteiger partial charge in [-0.1, -0.05) is 0 Å². The number of rotatable bonds is 2. The molecule has 0 radical (unpaired) electrons. The van der Waals surface area contributed by atoms with Crippen LogP contribution >= 0.6 is 0 Å². The van der Waals surface area contributed by atoms with Crippen molar-refractivity contribution in [2.75, 3.05) is 0 Å². The van der Waals surface area contributed by atoms with Crippen LogP contribution in [0.3, 0.4) is 0 Å². The summed E-state index contributed by atoms with van der Waals surface area (Å²) < 4.78 is 27.8. The normalized spacial score (nSPS) is 11.0. The van der Waals surface area contributed by atoms with Crippen LogP contribution in [0.5, 0.6) is 0 Å². The Morgan fingerprint density at radius 1 is 1.14 bits per heavy atom. The number of nitrogens with zero attached hydrogens (tertiary/aromatic N) is 1. The first-order valence-electron chi connectivity index (χ1n) is 5.91. The second kappa shape index (κ2) is 4.55. The van der Waals surface area contributed by atoms with Crippen LogP contribution < -0.4 is 5.69 Å². The SMILES string of the molecule is O=C(O)c1ccc2c(c1)[nH]c(=O)n2-c1ccc(F)cc1F. The van der Waals surface area contributed by atoms with E-state index in [4.69, 9.17) is 5.11 Å². The van der Waals surface area contributed by atoms with Crippen molar-refractivity contribution in [1.82, 2.24) is 9.55 Å². The summed E-state index contributed by atoms with van der Waals surface area (Å²) in [7, 11) is 0. The number of fused-ring (bicyclic) bond motifs is 1. The molecule has 106 valence electrons. The van der Waals surface area contributed by atoms with Crippen molar-refractivity contribution in [3.05, 3.63) is 64.1 Å². The topological polar surface area (TPSA) is 75.1 Å². The standard InChI is InChI=1S/C14H8F2N2O3/c15-8-2-4-11(9(16)6-8)18-12-3-1-7(13(19)20)5-10(12)17-14(18)21/h1-6H,(H,17,21)(H,19,20). The minimum atomic E-state index is -1.14. The lowest BCUT2D eigenvalue weighted by Crippen LogP contribution is -2.15. The molecule has 0 spiro atoms. The van der Waals surface area contributed by atoms with Crippen molar-refractivity contribution >= 4 is 17.0 Å². The van der Waals surface area contributed by atoms with E-state index >= 15 is 0 Å². The van der Waals surface area contributed by atoms with E-state index in [2.05, 4.69) is 4.98 Å². The number of imidazole rings is 1. The van der Waals surface area contributed by atoms with Gasteiger partial charge in [0.15, 0.2) is 0 Å². The molecule has 0 unspecified atom stereocenters. The predicted octanol–water partition coefficient (Wildman–Crippen LogP) is 2.30. The number of aromatic nitrogens is 2. The van der Waals surface area contributed by atoms with Gasteiger partial charge in [-0.25, -0.2) is 18.4 Å².